The van der Waals surface area contributed by atoms with Gasteiger partial charge >= 0.3 is 5.97 Å². The molecule has 0 aliphatic carbocycles. The number of amides is 1. The zero-order valence-corrected chi connectivity index (χ0v) is 9.29. The zero-order valence-electron chi connectivity index (χ0n) is 9.29. The van der Waals surface area contributed by atoms with E-state index in [9.17, 15) is 18.4 Å². The van der Waals surface area contributed by atoms with Crippen LogP contribution in [0.2, 0.25) is 0 Å². The van der Waals surface area contributed by atoms with E-state index in [1.54, 1.807) is 0 Å². The lowest BCUT2D eigenvalue weighted by Gasteiger charge is -2.12. The highest BCUT2D eigenvalue weighted by Gasteiger charge is 2.21. The van der Waals surface area contributed by atoms with Gasteiger partial charge in [-0.15, -0.1) is 0 Å². The number of rotatable bonds is 3. The number of carbonyl (C=O) groups is 2. The molecule has 1 atom stereocenters. The highest BCUT2D eigenvalue weighted by molar-refractivity contribution is 5.97. The standard InChI is InChI=1S/C11H11F2NO3/c1-6(11(16)17-2)14-10(15)9-7(12)4-3-5-8(9)13/h3-6H,1-2H3,(H,14,15). The second-order valence-corrected chi connectivity index (χ2v) is 3.31. The molecule has 0 aromatic heterocycles. The lowest BCUT2D eigenvalue weighted by atomic mass is 10.1. The minimum Gasteiger partial charge on any atom is -0.467 e. The van der Waals surface area contributed by atoms with Crippen molar-refractivity contribution in [2.24, 2.45) is 0 Å². The monoisotopic (exact) mass is 243 g/mol. The molecule has 0 spiro atoms. The number of nitrogens with one attached hydrogen (secondary N) is 1. The van der Waals surface area contributed by atoms with Gasteiger partial charge in [-0.3, -0.25) is 4.79 Å². The van der Waals surface area contributed by atoms with E-state index < -0.39 is 35.1 Å². The molecule has 17 heavy (non-hydrogen) atoms. The highest BCUT2D eigenvalue weighted by atomic mass is 19.1. The Bertz CT molecular complexity index is 428. The van der Waals surface area contributed by atoms with Crippen LogP contribution in [0.15, 0.2) is 18.2 Å². The van der Waals surface area contributed by atoms with Gasteiger partial charge in [0.05, 0.1) is 7.11 Å². The van der Waals surface area contributed by atoms with Crippen LogP contribution < -0.4 is 5.32 Å². The average molecular weight is 243 g/mol. The molecule has 4 nitrogen and oxygen atoms in total. The van der Waals surface area contributed by atoms with Crippen LogP contribution >= 0.6 is 0 Å². The second-order valence-electron chi connectivity index (χ2n) is 3.31. The normalized spacial score (nSPS) is 11.8. The highest BCUT2D eigenvalue weighted by Crippen LogP contribution is 2.11. The first-order valence-corrected chi connectivity index (χ1v) is 4.80. The molecule has 1 N–H and O–H groups in total. The van der Waals surface area contributed by atoms with Crippen molar-refractivity contribution in [1.82, 2.24) is 5.32 Å². The summed E-state index contributed by atoms with van der Waals surface area (Å²) in [5, 5.41) is 2.14. The SMILES string of the molecule is COC(=O)C(C)NC(=O)c1c(F)cccc1F. The van der Waals surface area contributed by atoms with Crippen LogP contribution in [-0.4, -0.2) is 25.0 Å². The van der Waals surface area contributed by atoms with Gasteiger partial charge in [-0.1, -0.05) is 6.07 Å². The van der Waals surface area contributed by atoms with Gasteiger partial charge in [0.25, 0.3) is 5.91 Å². The number of ether oxygens (including phenoxy) is 1. The molecule has 0 aliphatic heterocycles. The lowest BCUT2D eigenvalue weighted by Crippen LogP contribution is -2.39. The van der Waals surface area contributed by atoms with Crippen LogP contribution in [0.5, 0.6) is 0 Å². The third-order valence-electron chi connectivity index (χ3n) is 2.09. The number of esters is 1. The van der Waals surface area contributed by atoms with Crippen LogP contribution in [-0.2, 0) is 9.53 Å². The molecule has 0 bridgehead atoms. The predicted octanol–water partition coefficient (Wildman–Crippen LogP) is 1.26. The summed E-state index contributed by atoms with van der Waals surface area (Å²) in [4.78, 5) is 22.5. The molecule has 6 heteroatoms. The largest absolute Gasteiger partial charge is 0.467 e. The Morgan fingerprint density at radius 3 is 2.29 bits per heavy atom. The van der Waals surface area contributed by atoms with E-state index in [0.717, 1.165) is 25.3 Å². The van der Waals surface area contributed by atoms with E-state index in [0.29, 0.717) is 0 Å². The summed E-state index contributed by atoms with van der Waals surface area (Å²) in [5.74, 6) is -3.67. The van der Waals surface area contributed by atoms with Crippen LogP contribution in [0.25, 0.3) is 0 Å². The van der Waals surface area contributed by atoms with E-state index in [2.05, 4.69) is 10.1 Å². The van der Waals surface area contributed by atoms with Gasteiger partial charge in [0, 0.05) is 0 Å². The Morgan fingerprint density at radius 2 is 1.82 bits per heavy atom. The summed E-state index contributed by atoms with van der Waals surface area (Å²) in [7, 11) is 1.15. The van der Waals surface area contributed by atoms with Gasteiger partial charge < -0.3 is 10.1 Å². The van der Waals surface area contributed by atoms with Gasteiger partial charge in [-0.2, -0.15) is 0 Å². The van der Waals surface area contributed by atoms with Crippen molar-refractivity contribution in [2.75, 3.05) is 7.11 Å². The minimum absolute atomic E-state index is 0.699. The number of carbonyl (C=O) groups excluding carboxylic acids is 2. The Labute approximate surface area is 96.6 Å². The first-order chi connectivity index (χ1) is 7.97. The van der Waals surface area contributed by atoms with E-state index in [1.165, 1.54) is 6.92 Å². The van der Waals surface area contributed by atoms with Crippen molar-refractivity contribution in [2.45, 2.75) is 13.0 Å². The quantitative estimate of drug-likeness (QED) is 0.813. The molecular weight excluding hydrogens is 232 g/mol. The molecule has 1 unspecified atom stereocenters. The van der Waals surface area contributed by atoms with Crippen molar-refractivity contribution in [1.29, 1.82) is 0 Å². The van der Waals surface area contributed by atoms with E-state index in [-0.39, 0.29) is 0 Å². The van der Waals surface area contributed by atoms with Gasteiger partial charge in [0.2, 0.25) is 0 Å². The molecule has 1 amide bonds. The van der Waals surface area contributed by atoms with Crippen LogP contribution in [0.1, 0.15) is 17.3 Å². The molecular formula is C11H11F2NO3. The number of benzene rings is 1. The third kappa shape index (κ3) is 2.99. The fourth-order valence-corrected chi connectivity index (χ4v) is 1.22. The number of methoxy groups -OCH3 is 1. The number of hydrogen-bond donors (Lipinski definition) is 1. The first-order valence-electron chi connectivity index (χ1n) is 4.80. The zero-order chi connectivity index (χ0) is 13.0. The first kappa shape index (κ1) is 13.1. The molecule has 0 radical (unpaired) electrons. The van der Waals surface area contributed by atoms with Gasteiger partial charge in [0.15, 0.2) is 0 Å². The van der Waals surface area contributed by atoms with Gasteiger partial charge in [-0.05, 0) is 19.1 Å². The fourth-order valence-electron chi connectivity index (χ4n) is 1.22. The van der Waals surface area contributed by atoms with Crippen molar-refractivity contribution in [3.05, 3.63) is 35.4 Å². The molecule has 0 saturated carbocycles. The maximum atomic E-state index is 13.2. The molecule has 92 valence electrons. The Balaban J connectivity index is 2.87. The van der Waals surface area contributed by atoms with Crippen molar-refractivity contribution in [3.63, 3.8) is 0 Å². The second kappa shape index (κ2) is 5.38. The average Bonchev–Trinajstić information content (AvgIpc) is 2.27. The topological polar surface area (TPSA) is 55.4 Å². The summed E-state index contributed by atoms with van der Waals surface area (Å²) in [6, 6.07) is 2.08. The molecule has 0 saturated heterocycles. The van der Waals surface area contributed by atoms with Crippen LogP contribution in [0.3, 0.4) is 0 Å². The summed E-state index contributed by atoms with van der Waals surface area (Å²) < 4.78 is 30.8. The van der Waals surface area contributed by atoms with E-state index in [4.69, 9.17) is 0 Å². The van der Waals surface area contributed by atoms with Crippen molar-refractivity contribution >= 4 is 11.9 Å². The Morgan fingerprint density at radius 1 is 1.29 bits per heavy atom. The van der Waals surface area contributed by atoms with Crippen molar-refractivity contribution < 1.29 is 23.1 Å². The molecule has 1 rings (SSSR count). The van der Waals surface area contributed by atoms with Gasteiger partial charge in [0.1, 0.15) is 23.2 Å². The maximum Gasteiger partial charge on any atom is 0.328 e. The maximum absolute atomic E-state index is 13.2. The van der Waals surface area contributed by atoms with Crippen LogP contribution in [0.4, 0.5) is 8.78 Å². The van der Waals surface area contributed by atoms with E-state index >= 15 is 0 Å². The number of halogens is 2. The molecule has 1 aromatic rings. The third-order valence-corrected chi connectivity index (χ3v) is 2.09. The number of hydrogen-bond acceptors (Lipinski definition) is 3. The summed E-state index contributed by atoms with van der Waals surface area (Å²) >= 11 is 0. The van der Waals surface area contributed by atoms with Crippen LogP contribution in [0, 0.1) is 11.6 Å². The smallest absolute Gasteiger partial charge is 0.328 e. The lowest BCUT2D eigenvalue weighted by molar-refractivity contribution is -0.142. The molecule has 0 heterocycles. The minimum atomic E-state index is -1.00. The summed E-state index contributed by atoms with van der Waals surface area (Å²) in [5.41, 5.74) is -0.719. The Kier molecular flexibility index (Phi) is 4.14. The fraction of sp³-hybridized carbons (Fsp3) is 0.273. The molecule has 0 aliphatic rings. The summed E-state index contributed by atoms with van der Waals surface area (Å²) in [6.45, 7) is 1.35. The predicted molar refractivity (Wildman–Crippen MR) is 55.3 cm³/mol. The molecule has 0 fully saturated rings. The Hall–Kier alpha value is -1.98. The summed E-state index contributed by atoms with van der Waals surface area (Å²) in [6.07, 6.45) is 0. The molecule has 1 aromatic carbocycles. The van der Waals surface area contributed by atoms with Gasteiger partial charge in [-0.25, -0.2) is 13.6 Å². The van der Waals surface area contributed by atoms with Crippen molar-refractivity contribution in [3.8, 4) is 0 Å². The van der Waals surface area contributed by atoms with E-state index in [1.807, 2.05) is 0 Å².